The summed E-state index contributed by atoms with van der Waals surface area (Å²) < 4.78 is 5.92. The number of nitrogens with zero attached hydrogens (tertiary/aromatic N) is 3. The van der Waals surface area contributed by atoms with E-state index in [1.54, 1.807) is 0 Å². The summed E-state index contributed by atoms with van der Waals surface area (Å²) in [4.78, 5) is 21.0. The van der Waals surface area contributed by atoms with Crippen molar-refractivity contribution in [2.45, 2.75) is 40.2 Å². The Morgan fingerprint density at radius 2 is 1.97 bits per heavy atom. The van der Waals surface area contributed by atoms with Gasteiger partial charge in [-0.25, -0.2) is 0 Å². The fourth-order valence-corrected chi connectivity index (χ4v) is 3.50. The minimum atomic E-state index is 0. The lowest BCUT2D eigenvalue weighted by molar-refractivity contribution is -0.130. The molecule has 2 rings (SSSR count). The highest BCUT2D eigenvalue weighted by molar-refractivity contribution is 14.0. The number of halogens is 1. The molecule has 0 aromatic heterocycles. The van der Waals surface area contributed by atoms with Crippen LogP contribution in [0.5, 0.6) is 0 Å². The van der Waals surface area contributed by atoms with Crippen LogP contribution in [0, 0.1) is 5.92 Å². The summed E-state index contributed by atoms with van der Waals surface area (Å²) in [6, 6.07) is 10.3. The molecule has 1 aromatic rings. The van der Waals surface area contributed by atoms with Crippen molar-refractivity contribution in [2.24, 2.45) is 10.9 Å². The van der Waals surface area contributed by atoms with Crippen molar-refractivity contribution in [1.82, 2.24) is 15.1 Å². The number of nitrogens with one attached hydrogen (secondary N) is 1. The van der Waals surface area contributed by atoms with Gasteiger partial charge in [-0.3, -0.25) is 9.79 Å². The fraction of sp³-hybridized carbons (Fsp3) is 0.636. The highest BCUT2D eigenvalue weighted by Gasteiger charge is 2.25. The minimum absolute atomic E-state index is 0. The van der Waals surface area contributed by atoms with Gasteiger partial charge < -0.3 is 19.9 Å². The van der Waals surface area contributed by atoms with E-state index < -0.39 is 0 Å². The molecule has 29 heavy (non-hydrogen) atoms. The first kappa shape index (κ1) is 25.7. The lowest BCUT2D eigenvalue weighted by atomic mass is 10.1. The molecule has 1 aliphatic rings. The quantitative estimate of drug-likeness (QED) is 0.295. The van der Waals surface area contributed by atoms with Crippen LogP contribution in [0.1, 0.15) is 39.2 Å². The molecule has 164 valence electrons. The van der Waals surface area contributed by atoms with Crippen molar-refractivity contribution < 1.29 is 9.53 Å². The Bertz CT molecular complexity index is 608. The second-order valence-corrected chi connectivity index (χ2v) is 7.15. The zero-order valence-electron chi connectivity index (χ0n) is 18.1. The topological polar surface area (TPSA) is 57.2 Å². The Morgan fingerprint density at radius 1 is 1.24 bits per heavy atom. The third-order valence-corrected chi connectivity index (χ3v) is 5.09. The standard InChI is InChI=1S/C22H36N4O2.HI/c1-4-23-22(24-14-12-21(27)25(5-2)6-3)26-15-13-20(16-26)18-28-17-19-10-8-7-9-11-19;/h7-11,20H,4-6,12-18H2,1-3H3,(H,23,24);1H. The molecule has 1 heterocycles. The van der Waals surface area contributed by atoms with Crippen molar-refractivity contribution in [3.8, 4) is 0 Å². The average Bonchev–Trinajstić information content (AvgIpc) is 3.18. The molecule has 1 amide bonds. The lowest BCUT2D eigenvalue weighted by Crippen LogP contribution is -2.40. The molecule has 0 spiro atoms. The number of carbonyl (C=O) groups is 1. The summed E-state index contributed by atoms with van der Waals surface area (Å²) in [6.07, 6.45) is 1.58. The van der Waals surface area contributed by atoms with Crippen molar-refractivity contribution in [2.75, 3.05) is 45.9 Å². The number of likely N-dealkylation sites (tertiary alicyclic amines) is 1. The maximum absolute atomic E-state index is 12.2. The first-order valence-corrected chi connectivity index (χ1v) is 10.6. The van der Waals surface area contributed by atoms with Gasteiger partial charge in [0.25, 0.3) is 0 Å². The predicted molar refractivity (Wildman–Crippen MR) is 130 cm³/mol. The van der Waals surface area contributed by atoms with E-state index in [-0.39, 0.29) is 29.9 Å². The Kier molecular flexibility index (Phi) is 12.9. The van der Waals surface area contributed by atoms with Gasteiger partial charge in [0.1, 0.15) is 0 Å². The van der Waals surface area contributed by atoms with Crippen LogP contribution >= 0.6 is 24.0 Å². The molecule has 0 bridgehead atoms. The van der Waals surface area contributed by atoms with Crippen LogP contribution in [0.2, 0.25) is 0 Å². The Morgan fingerprint density at radius 3 is 2.62 bits per heavy atom. The maximum atomic E-state index is 12.2. The molecule has 7 heteroatoms. The molecule has 1 aromatic carbocycles. The second-order valence-electron chi connectivity index (χ2n) is 7.15. The molecule has 1 aliphatic heterocycles. The fourth-order valence-electron chi connectivity index (χ4n) is 3.50. The minimum Gasteiger partial charge on any atom is -0.376 e. The molecule has 1 fully saturated rings. The van der Waals surface area contributed by atoms with E-state index in [1.807, 2.05) is 36.9 Å². The van der Waals surface area contributed by atoms with Crippen LogP contribution in [-0.4, -0.2) is 67.5 Å². The number of amides is 1. The maximum Gasteiger partial charge on any atom is 0.224 e. The van der Waals surface area contributed by atoms with Crippen molar-refractivity contribution in [1.29, 1.82) is 0 Å². The molecule has 0 aliphatic carbocycles. The third-order valence-electron chi connectivity index (χ3n) is 5.09. The lowest BCUT2D eigenvalue weighted by Gasteiger charge is -2.22. The van der Waals surface area contributed by atoms with Gasteiger partial charge in [-0.05, 0) is 32.8 Å². The average molecular weight is 516 g/mol. The number of aliphatic imine (C=N–C) groups is 1. The highest BCUT2D eigenvalue weighted by Crippen LogP contribution is 2.17. The van der Waals surface area contributed by atoms with Gasteiger partial charge in [-0.1, -0.05) is 30.3 Å². The number of rotatable bonds is 10. The number of guanidine groups is 1. The Labute approximate surface area is 193 Å². The van der Waals surface area contributed by atoms with Crippen LogP contribution < -0.4 is 5.32 Å². The number of hydrogen-bond donors (Lipinski definition) is 1. The predicted octanol–water partition coefficient (Wildman–Crippen LogP) is 3.37. The number of carbonyl (C=O) groups excluding carboxylic acids is 1. The number of ether oxygens (including phenoxy) is 1. The largest absolute Gasteiger partial charge is 0.376 e. The molecule has 6 nitrogen and oxygen atoms in total. The van der Waals surface area contributed by atoms with Crippen LogP contribution in [-0.2, 0) is 16.1 Å². The molecule has 0 saturated carbocycles. The molecular weight excluding hydrogens is 479 g/mol. The van der Waals surface area contributed by atoms with Gasteiger partial charge in [0.15, 0.2) is 5.96 Å². The molecular formula is C22H37IN4O2. The molecule has 1 N–H and O–H groups in total. The van der Waals surface area contributed by atoms with E-state index in [9.17, 15) is 4.79 Å². The van der Waals surface area contributed by atoms with Crippen LogP contribution in [0.25, 0.3) is 0 Å². The zero-order chi connectivity index (χ0) is 20.2. The van der Waals surface area contributed by atoms with Gasteiger partial charge in [0.2, 0.25) is 5.91 Å². The van der Waals surface area contributed by atoms with Gasteiger partial charge in [-0.2, -0.15) is 0 Å². The normalized spacial score (nSPS) is 16.4. The monoisotopic (exact) mass is 516 g/mol. The van der Waals surface area contributed by atoms with Gasteiger partial charge in [0, 0.05) is 45.1 Å². The summed E-state index contributed by atoms with van der Waals surface area (Å²) >= 11 is 0. The van der Waals surface area contributed by atoms with Gasteiger partial charge in [-0.15, -0.1) is 24.0 Å². The van der Waals surface area contributed by atoms with E-state index in [4.69, 9.17) is 9.73 Å². The Balaban J connectivity index is 0.00000420. The van der Waals surface area contributed by atoms with E-state index in [2.05, 4.69) is 29.3 Å². The number of benzene rings is 1. The van der Waals surface area contributed by atoms with Crippen molar-refractivity contribution in [3.63, 3.8) is 0 Å². The summed E-state index contributed by atoms with van der Waals surface area (Å²) in [6.45, 7) is 12.3. The van der Waals surface area contributed by atoms with Gasteiger partial charge in [0.05, 0.1) is 19.8 Å². The second kappa shape index (κ2) is 14.6. The summed E-state index contributed by atoms with van der Waals surface area (Å²) in [5.41, 5.74) is 1.21. The summed E-state index contributed by atoms with van der Waals surface area (Å²) in [7, 11) is 0. The molecule has 1 unspecified atom stereocenters. The third kappa shape index (κ3) is 8.90. The molecule has 0 radical (unpaired) electrons. The van der Waals surface area contributed by atoms with E-state index in [0.717, 1.165) is 51.7 Å². The van der Waals surface area contributed by atoms with Crippen molar-refractivity contribution in [3.05, 3.63) is 35.9 Å². The van der Waals surface area contributed by atoms with E-state index >= 15 is 0 Å². The first-order valence-electron chi connectivity index (χ1n) is 10.6. The van der Waals surface area contributed by atoms with E-state index in [1.165, 1.54) is 5.56 Å². The molecule has 1 saturated heterocycles. The van der Waals surface area contributed by atoms with Crippen LogP contribution in [0.3, 0.4) is 0 Å². The van der Waals surface area contributed by atoms with Gasteiger partial charge >= 0.3 is 0 Å². The van der Waals surface area contributed by atoms with Crippen LogP contribution in [0.15, 0.2) is 35.3 Å². The first-order chi connectivity index (χ1) is 13.7. The highest BCUT2D eigenvalue weighted by atomic mass is 127. The number of hydrogen-bond acceptors (Lipinski definition) is 3. The van der Waals surface area contributed by atoms with Crippen LogP contribution in [0.4, 0.5) is 0 Å². The smallest absolute Gasteiger partial charge is 0.224 e. The van der Waals surface area contributed by atoms with Crippen molar-refractivity contribution >= 4 is 35.8 Å². The molecule has 1 atom stereocenters. The SMILES string of the molecule is CCNC(=NCCC(=O)N(CC)CC)N1CCC(COCc2ccccc2)C1.I. The Hall–Kier alpha value is -1.35. The summed E-state index contributed by atoms with van der Waals surface area (Å²) in [5, 5.41) is 3.37. The summed E-state index contributed by atoms with van der Waals surface area (Å²) in [5.74, 6) is 1.61. The zero-order valence-corrected chi connectivity index (χ0v) is 20.4. The van der Waals surface area contributed by atoms with E-state index in [0.29, 0.717) is 25.5 Å².